The van der Waals surface area contributed by atoms with Crippen molar-refractivity contribution in [1.82, 2.24) is 10.6 Å². The van der Waals surface area contributed by atoms with E-state index in [1.807, 2.05) is 27.7 Å². The fourth-order valence-corrected chi connectivity index (χ4v) is 4.28. The van der Waals surface area contributed by atoms with E-state index in [-0.39, 0.29) is 16.7 Å². The summed E-state index contributed by atoms with van der Waals surface area (Å²) in [7, 11) is 0. The molecule has 0 heterocycles. The molecule has 0 aromatic heterocycles. The number of amides is 1. The van der Waals surface area contributed by atoms with Crippen LogP contribution in [-0.4, -0.2) is 29.8 Å². The van der Waals surface area contributed by atoms with Gasteiger partial charge < -0.3 is 10.6 Å². The zero-order valence-corrected chi connectivity index (χ0v) is 18.4. The first-order valence-corrected chi connectivity index (χ1v) is 10.8. The Bertz CT molecular complexity index is 652. The van der Waals surface area contributed by atoms with Gasteiger partial charge >= 0.3 is 0 Å². The highest BCUT2D eigenvalue weighted by molar-refractivity contribution is 6.38. The van der Waals surface area contributed by atoms with Crippen LogP contribution in [0.15, 0.2) is 24.3 Å². The molecule has 2 rings (SSSR count). The van der Waals surface area contributed by atoms with Gasteiger partial charge in [0, 0.05) is 17.5 Å². The van der Waals surface area contributed by atoms with Crippen molar-refractivity contribution in [3.05, 3.63) is 35.4 Å². The van der Waals surface area contributed by atoms with Crippen molar-refractivity contribution in [2.75, 3.05) is 6.54 Å². The second kappa shape index (κ2) is 9.69. The van der Waals surface area contributed by atoms with Crippen LogP contribution < -0.4 is 10.6 Å². The molecule has 1 unspecified atom stereocenters. The SMILES string of the molecule is CCCC(NC(C)(C)C)C(=O)C(=O)NCC1(c2ccc(C)cc2)CCCCC1. The highest BCUT2D eigenvalue weighted by atomic mass is 16.2. The summed E-state index contributed by atoms with van der Waals surface area (Å²) in [6, 6.07) is 8.24. The fraction of sp³-hybridized carbons (Fsp3) is 0.667. The molecule has 0 spiro atoms. The highest BCUT2D eigenvalue weighted by Crippen LogP contribution is 2.39. The first kappa shape index (κ1) is 22.6. The minimum absolute atomic E-state index is 0.0560. The van der Waals surface area contributed by atoms with E-state index in [9.17, 15) is 9.59 Å². The molecule has 1 aliphatic carbocycles. The average molecular weight is 387 g/mol. The summed E-state index contributed by atoms with van der Waals surface area (Å²) in [5, 5.41) is 6.32. The number of nitrogens with one attached hydrogen (secondary N) is 2. The summed E-state index contributed by atoms with van der Waals surface area (Å²) in [5.74, 6) is -0.793. The van der Waals surface area contributed by atoms with Crippen LogP contribution in [0.5, 0.6) is 0 Å². The number of ketones is 1. The number of benzene rings is 1. The van der Waals surface area contributed by atoms with Crippen molar-refractivity contribution < 1.29 is 9.59 Å². The van der Waals surface area contributed by atoms with Crippen LogP contribution >= 0.6 is 0 Å². The molecule has 1 aromatic carbocycles. The van der Waals surface area contributed by atoms with Crippen LogP contribution in [0.4, 0.5) is 0 Å². The van der Waals surface area contributed by atoms with Gasteiger partial charge in [0.2, 0.25) is 5.78 Å². The number of hydrogen-bond donors (Lipinski definition) is 2. The van der Waals surface area contributed by atoms with Gasteiger partial charge in [0.25, 0.3) is 5.91 Å². The van der Waals surface area contributed by atoms with E-state index < -0.39 is 11.9 Å². The third-order valence-corrected chi connectivity index (χ3v) is 5.79. The monoisotopic (exact) mass is 386 g/mol. The van der Waals surface area contributed by atoms with E-state index in [0.717, 1.165) is 19.3 Å². The lowest BCUT2D eigenvalue weighted by Crippen LogP contribution is -2.53. The first-order chi connectivity index (χ1) is 13.2. The third kappa shape index (κ3) is 6.16. The standard InChI is InChI=1S/C24H38N2O2/c1-6-10-20(26-23(3,4)5)21(27)22(28)25-17-24(15-8-7-9-16-24)19-13-11-18(2)12-14-19/h11-14,20,26H,6-10,15-17H2,1-5H3,(H,25,28). The van der Waals surface area contributed by atoms with Gasteiger partial charge in [0.1, 0.15) is 0 Å². The van der Waals surface area contributed by atoms with E-state index in [1.165, 1.54) is 30.4 Å². The van der Waals surface area contributed by atoms with Crippen molar-refractivity contribution in [3.63, 3.8) is 0 Å². The Morgan fingerprint density at radius 3 is 2.21 bits per heavy atom. The summed E-state index contributed by atoms with van der Waals surface area (Å²) < 4.78 is 0. The number of carbonyl (C=O) groups is 2. The second-order valence-electron chi connectivity index (χ2n) is 9.49. The van der Waals surface area contributed by atoms with Crippen LogP contribution in [0.2, 0.25) is 0 Å². The van der Waals surface area contributed by atoms with E-state index >= 15 is 0 Å². The summed E-state index contributed by atoms with van der Waals surface area (Å²) in [6.07, 6.45) is 7.23. The molecular weight excluding hydrogens is 348 g/mol. The molecule has 1 amide bonds. The van der Waals surface area contributed by atoms with Gasteiger partial charge in [-0.15, -0.1) is 0 Å². The predicted molar refractivity (Wildman–Crippen MR) is 116 cm³/mol. The van der Waals surface area contributed by atoms with Crippen molar-refractivity contribution in [2.45, 2.75) is 96.6 Å². The average Bonchev–Trinajstić information content (AvgIpc) is 2.65. The van der Waals surface area contributed by atoms with Gasteiger partial charge in [0.15, 0.2) is 0 Å². The molecule has 1 fully saturated rings. The molecule has 1 aliphatic rings. The quantitative estimate of drug-likeness (QED) is 0.650. The van der Waals surface area contributed by atoms with Crippen LogP contribution in [0, 0.1) is 6.92 Å². The van der Waals surface area contributed by atoms with Crippen LogP contribution in [-0.2, 0) is 15.0 Å². The summed E-state index contributed by atoms with van der Waals surface area (Å²) in [4.78, 5) is 25.5. The molecule has 28 heavy (non-hydrogen) atoms. The predicted octanol–water partition coefficient (Wildman–Crippen LogP) is 4.44. The molecular formula is C24H38N2O2. The zero-order chi connectivity index (χ0) is 20.8. The smallest absolute Gasteiger partial charge is 0.289 e. The van der Waals surface area contributed by atoms with Gasteiger partial charge in [-0.05, 0) is 52.5 Å². The van der Waals surface area contributed by atoms with E-state index in [4.69, 9.17) is 0 Å². The van der Waals surface area contributed by atoms with Crippen LogP contribution in [0.3, 0.4) is 0 Å². The number of rotatable bonds is 8. The van der Waals surface area contributed by atoms with Gasteiger partial charge in [-0.2, -0.15) is 0 Å². The van der Waals surface area contributed by atoms with E-state index in [2.05, 4.69) is 41.8 Å². The summed E-state index contributed by atoms with van der Waals surface area (Å²) >= 11 is 0. The van der Waals surface area contributed by atoms with Gasteiger partial charge in [0.05, 0.1) is 6.04 Å². The molecule has 0 saturated heterocycles. The summed E-state index contributed by atoms with van der Waals surface area (Å²) in [6.45, 7) is 10.7. The lowest BCUT2D eigenvalue weighted by molar-refractivity contribution is -0.139. The summed E-state index contributed by atoms with van der Waals surface area (Å²) in [5.41, 5.74) is 2.26. The maximum absolute atomic E-state index is 12.8. The maximum Gasteiger partial charge on any atom is 0.289 e. The highest BCUT2D eigenvalue weighted by Gasteiger charge is 2.35. The topological polar surface area (TPSA) is 58.2 Å². The van der Waals surface area contributed by atoms with Gasteiger partial charge in [-0.25, -0.2) is 0 Å². The minimum atomic E-state index is -0.452. The number of hydrogen-bond acceptors (Lipinski definition) is 3. The lowest BCUT2D eigenvalue weighted by atomic mass is 9.69. The molecule has 2 N–H and O–H groups in total. The molecule has 4 nitrogen and oxygen atoms in total. The maximum atomic E-state index is 12.8. The van der Waals surface area contributed by atoms with Crippen LogP contribution in [0.1, 0.15) is 83.8 Å². The number of Topliss-reactive ketones (excluding diaryl/α,β-unsaturated/α-hetero) is 1. The van der Waals surface area contributed by atoms with Crippen molar-refractivity contribution in [3.8, 4) is 0 Å². The molecule has 0 bridgehead atoms. The van der Waals surface area contributed by atoms with Gasteiger partial charge in [-0.3, -0.25) is 9.59 Å². The first-order valence-electron chi connectivity index (χ1n) is 10.8. The molecule has 0 aliphatic heterocycles. The van der Waals surface area contributed by atoms with Crippen molar-refractivity contribution in [2.24, 2.45) is 0 Å². The van der Waals surface area contributed by atoms with Crippen LogP contribution in [0.25, 0.3) is 0 Å². The lowest BCUT2D eigenvalue weighted by Gasteiger charge is -2.38. The molecule has 1 saturated carbocycles. The number of aryl methyl sites for hydroxylation is 1. The Balaban J connectivity index is 2.10. The van der Waals surface area contributed by atoms with Crippen molar-refractivity contribution in [1.29, 1.82) is 0 Å². The Kier molecular flexibility index (Phi) is 7.82. The normalized spacial score (nSPS) is 17.8. The zero-order valence-electron chi connectivity index (χ0n) is 18.4. The molecule has 1 atom stereocenters. The third-order valence-electron chi connectivity index (χ3n) is 5.79. The molecule has 156 valence electrons. The Labute approximate surface area is 170 Å². The van der Waals surface area contributed by atoms with Crippen molar-refractivity contribution >= 4 is 11.7 Å². The molecule has 4 heteroatoms. The Morgan fingerprint density at radius 1 is 1.07 bits per heavy atom. The molecule has 1 aromatic rings. The second-order valence-corrected chi connectivity index (χ2v) is 9.49. The molecule has 0 radical (unpaired) electrons. The Morgan fingerprint density at radius 2 is 1.68 bits per heavy atom. The number of carbonyl (C=O) groups excluding carboxylic acids is 2. The Hall–Kier alpha value is -1.68. The van der Waals surface area contributed by atoms with E-state index in [0.29, 0.717) is 13.0 Å². The van der Waals surface area contributed by atoms with E-state index in [1.54, 1.807) is 0 Å². The van der Waals surface area contributed by atoms with Gasteiger partial charge in [-0.1, -0.05) is 62.4 Å². The minimum Gasteiger partial charge on any atom is -0.349 e. The largest absolute Gasteiger partial charge is 0.349 e. The fourth-order valence-electron chi connectivity index (χ4n) is 4.28.